The molecule has 2 aromatic heterocycles. The summed E-state index contributed by atoms with van der Waals surface area (Å²) >= 11 is 0. The van der Waals surface area contributed by atoms with Crippen LogP contribution in [0.5, 0.6) is 0 Å². The third-order valence-electron chi connectivity index (χ3n) is 6.67. The first-order valence-corrected chi connectivity index (χ1v) is 13.4. The summed E-state index contributed by atoms with van der Waals surface area (Å²) < 4.78 is 12.5. The number of nitrogens with one attached hydrogen (secondary N) is 3. The first-order valence-electron chi connectivity index (χ1n) is 13.4. The van der Waals surface area contributed by atoms with Crippen LogP contribution in [-0.4, -0.2) is 83.6 Å². The van der Waals surface area contributed by atoms with E-state index >= 15 is 0 Å². The summed E-state index contributed by atoms with van der Waals surface area (Å²) in [6.07, 6.45) is 5.05. The maximum absolute atomic E-state index is 12.5. The second-order valence-electron chi connectivity index (χ2n) is 10.2. The zero-order valence-corrected chi connectivity index (χ0v) is 23.1. The van der Waals surface area contributed by atoms with E-state index in [-0.39, 0.29) is 18.6 Å². The SMILES string of the molecule is CN(C)C/C=C/C(=O)Nc1cccc(-c2cccc3c(N)nc(Nc4ccc(NC5CN(CCF)C5)nc4)nc23)c1. The summed E-state index contributed by atoms with van der Waals surface area (Å²) in [5.41, 5.74) is 10.2. The number of pyridine rings is 1. The van der Waals surface area contributed by atoms with Gasteiger partial charge in [-0.2, -0.15) is 4.98 Å². The van der Waals surface area contributed by atoms with E-state index in [4.69, 9.17) is 10.7 Å². The van der Waals surface area contributed by atoms with Crippen LogP contribution in [0, 0.1) is 0 Å². The van der Waals surface area contributed by atoms with Crippen LogP contribution in [0.25, 0.3) is 22.0 Å². The fourth-order valence-corrected chi connectivity index (χ4v) is 4.64. The number of halogens is 1. The van der Waals surface area contributed by atoms with Crippen LogP contribution in [-0.2, 0) is 4.79 Å². The summed E-state index contributed by atoms with van der Waals surface area (Å²) in [7, 11) is 3.89. The molecule has 1 amide bonds. The summed E-state index contributed by atoms with van der Waals surface area (Å²) in [4.78, 5) is 30.1. The lowest BCUT2D eigenvalue weighted by atomic mass is 10.0. The van der Waals surface area contributed by atoms with Gasteiger partial charge in [-0.1, -0.05) is 30.3 Å². The molecule has 0 atom stereocenters. The number of amides is 1. The molecule has 0 spiro atoms. The predicted octanol–water partition coefficient (Wildman–Crippen LogP) is 4.14. The number of alkyl halides is 1. The Bertz CT molecular complexity index is 1540. The van der Waals surface area contributed by atoms with Crippen LogP contribution < -0.4 is 21.7 Å². The first kappa shape index (κ1) is 27.9. The van der Waals surface area contributed by atoms with Crippen LogP contribution in [0.4, 0.5) is 33.3 Å². The second-order valence-corrected chi connectivity index (χ2v) is 10.2. The van der Waals surface area contributed by atoms with E-state index in [1.54, 1.807) is 6.20 Å². The fourth-order valence-electron chi connectivity index (χ4n) is 4.64. The fraction of sp³-hybridized carbons (Fsp3) is 0.267. The molecule has 5 N–H and O–H groups in total. The van der Waals surface area contributed by atoms with E-state index in [2.05, 4.69) is 30.8 Å². The highest BCUT2D eigenvalue weighted by Gasteiger charge is 2.26. The van der Waals surface area contributed by atoms with Gasteiger partial charge in [0, 0.05) is 48.9 Å². The van der Waals surface area contributed by atoms with Crippen LogP contribution in [0.1, 0.15) is 0 Å². The number of hydrogen-bond donors (Lipinski definition) is 4. The number of benzene rings is 2. The standard InChI is InChI=1S/C30H34FN9O/c1-39(2)14-5-10-27(41)35-21-7-3-6-20(16-21)24-8-4-9-25-28(24)37-30(38-29(25)32)36-22-11-12-26(33-17-22)34-23-18-40(19-23)15-13-31/h3-12,16-17,23H,13-15,18-19H2,1-2H3,(H,33,34)(H,35,41)(H3,32,36,37,38)/b10-5+. The van der Waals surface area contributed by atoms with Crippen molar-refractivity contribution < 1.29 is 9.18 Å². The zero-order valence-electron chi connectivity index (χ0n) is 23.1. The lowest BCUT2D eigenvalue weighted by Crippen LogP contribution is -2.55. The Morgan fingerprint density at radius 1 is 1.12 bits per heavy atom. The number of nitrogens with two attached hydrogens (primary N) is 1. The maximum atomic E-state index is 12.5. The quantitative estimate of drug-likeness (QED) is 0.202. The number of hydrogen-bond acceptors (Lipinski definition) is 9. The van der Waals surface area contributed by atoms with E-state index in [0.29, 0.717) is 41.7 Å². The molecular weight excluding hydrogens is 521 g/mol. The Morgan fingerprint density at radius 3 is 2.71 bits per heavy atom. The van der Waals surface area contributed by atoms with Gasteiger partial charge in [0.25, 0.3) is 0 Å². The van der Waals surface area contributed by atoms with Crippen molar-refractivity contribution in [3.63, 3.8) is 0 Å². The third-order valence-corrected chi connectivity index (χ3v) is 6.67. The zero-order chi connectivity index (χ0) is 28.8. The molecule has 5 rings (SSSR count). The maximum Gasteiger partial charge on any atom is 0.248 e. The number of fused-ring (bicyclic) bond motifs is 1. The van der Waals surface area contributed by atoms with Crippen LogP contribution >= 0.6 is 0 Å². The molecule has 1 saturated heterocycles. The van der Waals surface area contributed by atoms with E-state index in [0.717, 1.165) is 35.4 Å². The average molecular weight is 556 g/mol. The minimum atomic E-state index is -0.325. The molecular formula is C30H34FN9O. The molecule has 10 nitrogen and oxygen atoms in total. The summed E-state index contributed by atoms with van der Waals surface area (Å²) in [5.74, 6) is 1.26. The van der Waals surface area contributed by atoms with Crippen LogP contribution in [0.3, 0.4) is 0 Å². The highest BCUT2D eigenvalue weighted by Crippen LogP contribution is 2.32. The predicted molar refractivity (Wildman–Crippen MR) is 163 cm³/mol. The van der Waals surface area contributed by atoms with Gasteiger partial charge in [-0.25, -0.2) is 14.4 Å². The Balaban J connectivity index is 1.32. The number of nitrogen functional groups attached to an aromatic ring is 1. The van der Waals surface area contributed by atoms with Crippen molar-refractivity contribution in [1.29, 1.82) is 0 Å². The van der Waals surface area contributed by atoms with Crippen LogP contribution in [0.15, 0.2) is 72.9 Å². The van der Waals surface area contributed by atoms with Crippen molar-refractivity contribution in [3.8, 4) is 11.1 Å². The van der Waals surface area contributed by atoms with Crippen molar-refractivity contribution in [2.24, 2.45) is 0 Å². The van der Waals surface area contributed by atoms with Gasteiger partial charge in [0.2, 0.25) is 11.9 Å². The van der Waals surface area contributed by atoms with Crippen molar-refractivity contribution in [2.45, 2.75) is 6.04 Å². The number of likely N-dealkylation sites (tertiary alicyclic amines) is 1. The number of para-hydroxylation sites is 1. The molecule has 0 bridgehead atoms. The summed E-state index contributed by atoms with van der Waals surface area (Å²) in [6.45, 7) is 2.44. The minimum Gasteiger partial charge on any atom is -0.383 e. The Labute approximate surface area is 238 Å². The lowest BCUT2D eigenvalue weighted by Gasteiger charge is -2.39. The lowest BCUT2D eigenvalue weighted by molar-refractivity contribution is -0.111. The van der Waals surface area contributed by atoms with Crippen molar-refractivity contribution in [3.05, 3.63) is 72.9 Å². The normalized spacial score (nSPS) is 14.0. The topological polar surface area (TPSA) is 124 Å². The number of aromatic nitrogens is 3. The van der Waals surface area contributed by atoms with Gasteiger partial charge in [0.1, 0.15) is 18.3 Å². The number of likely N-dealkylation sites (N-methyl/N-ethyl adjacent to an activating group) is 1. The van der Waals surface area contributed by atoms with Gasteiger partial charge in [-0.3, -0.25) is 9.69 Å². The number of carbonyl (C=O) groups excluding carboxylic acids is 1. The van der Waals surface area contributed by atoms with Crippen molar-refractivity contribution in [1.82, 2.24) is 24.8 Å². The minimum absolute atomic E-state index is 0.193. The van der Waals surface area contributed by atoms with Gasteiger partial charge >= 0.3 is 0 Å². The molecule has 4 aromatic rings. The Morgan fingerprint density at radius 2 is 1.95 bits per heavy atom. The smallest absolute Gasteiger partial charge is 0.248 e. The molecule has 41 heavy (non-hydrogen) atoms. The molecule has 3 heterocycles. The molecule has 0 radical (unpaired) electrons. The molecule has 1 aliphatic rings. The van der Waals surface area contributed by atoms with Crippen molar-refractivity contribution >= 4 is 45.8 Å². The molecule has 0 unspecified atom stereocenters. The highest BCUT2D eigenvalue weighted by atomic mass is 19.1. The number of carbonyl (C=O) groups is 1. The molecule has 0 saturated carbocycles. The summed E-state index contributed by atoms with van der Waals surface area (Å²) in [6, 6.07) is 17.4. The highest BCUT2D eigenvalue weighted by molar-refractivity contribution is 6.02. The van der Waals surface area contributed by atoms with E-state index < -0.39 is 0 Å². The van der Waals surface area contributed by atoms with Gasteiger partial charge in [0.05, 0.1) is 23.4 Å². The first-order chi connectivity index (χ1) is 19.9. The number of rotatable bonds is 11. The van der Waals surface area contributed by atoms with Gasteiger partial charge in [-0.05, 0) is 50.0 Å². The number of nitrogens with zero attached hydrogens (tertiary/aromatic N) is 5. The van der Waals surface area contributed by atoms with E-state index in [1.165, 1.54) is 6.08 Å². The average Bonchev–Trinajstić information content (AvgIpc) is 2.92. The van der Waals surface area contributed by atoms with E-state index in [1.807, 2.05) is 79.7 Å². The second kappa shape index (κ2) is 12.7. The third kappa shape index (κ3) is 7.13. The summed E-state index contributed by atoms with van der Waals surface area (Å²) in [5, 5.41) is 10.2. The molecule has 11 heteroatoms. The molecule has 2 aromatic carbocycles. The van der Waals surface area contributed by atoms with Gasteiger partial charge in [0.15, 0.2) is 0 Å². The van der Waals surface area contributed by atoms with Crippen molar-refractivity contribution in [2.75, 3.05) is 68.6 Å². The van der Waals surface area contributed by atoms with Gasteiger partial charge < -0.3 is 26.6 Å². The molecule has 1 fully saturated rings. The Kier molecular flexibility index (Phi) is 8.66. The molecule has 1 aliphatic heterocycles. The van der Waals surface area contributed by atoms with Gasteiger partial charge in [-0.15, -0.1) is 0 Å². The molecule has 212 valence electrons. The largest absolute Gasteiger partial charge is 0.383 e. The van der Waals surface area contributed by atoms with E-state index in [9.17, 15) is 9.18 Å². The monoisotopic (exact) mass is 555 g/mol. The molecule has 0 aliphatic carbocycles. The van der Waals surface area contributed by atoms with Crippen LogP contribution in [0.2, 0.25) is 0 Å². The Hall–Kier alpha value is -4.61. The number of anilines is 5.